The van der Waals surface area contributed by atoms with Gasteiger partial charge in [-0.15, -0.1) is 0 Å². The Morgan fingerprint density at radius 1 is 1.10 bits per heavy atom. The molecule has 3 N–H and O–H groups in total. The minimum absolute atomic E-state index is 0.0815. The van der Waals surface area contributed by atoms with Crippen LogP contribution in [0.1, 0.15) is 21.5 Å². The molecule has 21 heavy (non-hydrogen) atoms. The van der Waals surface area contributed by atoms with Crippen molar-refractivity contribution in [2.45, 2.75) is 13.5 Å². The van der Waals surface area contributed by atoms with Gasteiger partial charge < -0.3 is 11.1 Å². The maximum absolute atomic E-state index is 13.6. The molecule has 0 fully saturated rings. The van der Waals surface area contributed by atoms with E-state index in [-0.39, 0.29) is 28.9 Å². The maximum Gasteiger partial charge on any atom is 0.248 e. The second-order valence-electron chi connectivity index (χ2n) is 4.61. The number of nitrogens with one attached hydrogen (secondary N) is 1. The standard InChI is InChI=1S/C15H13F3N2O/c1-8-4-13(18)14(6-12(8)17)20-7-10-5-9(15(19)21)2-3-11(10)16/h2-6,20H,7H2,1H3,(H2,19,21). The van der Waals surface area contributed by atoms with Crippen LogP contribution in [0, 0.1) is 24.4 Å². The van der Waals surface area contributed by atoms with E-state index in [2.05, 4.69) is 5.32 Å². The number of rotatable bonds is 4. The highest BCUT2D eigenvalue weighted by Crippen LogP contribution is 2.20. The van der Waals surface area contributed by atoms with Crippen molar-refractivity contribution in [3.8, 4) is 0 Å². The van der Waals surface area contributed by atoms with Crippen molar-refractivity contribution in [1.82, 2.24) is 0 Å². The smallest absolute Gasteiger partial charge is 0.248 e. The average molecular weight is 294 g/mol. The highest BCUT2D eigenvalue weighted by Gasteiger charge is 2.10. The summed E-state index contributed by atoms with van der Waals surface area (Å²) in [7, 11) is 0. The number of carbonyl (C=O) groups excluding carboxylic acids is 1. The molecule has 0 aliphatic carbocycles. The van der Waals surface area contributed by atoms with Crippen LogP contribution in [0.2, 0.25) is 0 Å². The maximum atomic E-state index is 13.6. The van der Waals surface area contributed by atoms with E-state index in [4.69, 9.17) is 5.73 Å². The normalized spacial score (nSPS) is 10.5. The van der Waals surface area contributed by atoms with Crippen LogP contribution in [0.3, 0.4) is 0 Å². The van der Waals surface area contributed by atoms with Crippen LogP contribution in [-0.4, -0.2) is 5.91 Å². The molecule has 110 valence electrons. The molecule has 0 saturated heterocycles. The van der Waals surface area contributed by atoms with Crippen LogP contribution in [0.5, 0.6) is 0 Å². The fourth-order valence-corrected chi connectivity index (χ4v) is 1.84. The minimum Gasteiger partial charge on any atom is -0.378 e. The SMILES string of the molecule is Cc1cc(F)c(NCc2cc(C(N)=O)ccc2F)cc1F. The number of nitrogens with two attached hydrogens (primary N) is 1. The third-order valence-electron chi connectivity index (χ3n) is 3.05. The zero-order valence-electron chi connectivity index (χ0n) is 11.2. The molecule has 0 aromatic heterocycles. The number of aryl methyl sites for hydroxylation is 1. The first-order chi connectivity index (χ1) is 9.88. The Morgan fingerprint density at radius 2 is 1.81 bits per heavy atom. The van der Waals surface area contributed by atoms with Gasteiger partial charge in [0.25, 0.3) is 0 Å². The Kier molecular flexibility index (Phi) is 4.16. The molecule has 0 bridgehead atoms. The summed E-state index contributed by atoms with van der Waals surface area (Å²) in [5.74, 6) is -2.46. The van der Waals surface area contributed by atoms with Crippen LogP contribution in [0.25, 0.3) is 0 Å². The lowest BCUT2D eigenvalue weighted by atomic mass is 10.1. The topological polar surface area (TPSA) is 55.1 Å². The third kappa shape index (κ3) is 3.34. The van der Waals surface area contributed by atoms with Gasteiger partial charge in [-0.25, -0.2) is 13.2 Å². The molecule has 0 aliphatic rings. The van der Waals surface area contributed by atoms with E-state index in [1.807, 2.05) is 0 Å². The van der Waals surface area contributed by atoms with Crippen LogP contribution >= 0.6 is 0 Å². The van der Waals surface area contributed by atoms with Gasteiger partial charge in [-0.05, 0) is 36.8 Å². The van der Waals surface area contributed by atoms with Crippen molar-refractivity contribution >= 4 is 11.6 Å². The second-order valence-corrected chi connectivity index (χ2v) is 4.61. The molecule has 0 radical (unpaired) electrons. The number of halogens is 3. The van der Waals surface area contributed by atoms with E-state index in [9.17, 15) is 18.0 Å². The molecule has 2 aromatic rings. The molecule has 0 atom stereocenters. The number of hydrogen-bond donors (Lipinski definition) is 2. The zero-order chi connectivity index (χ0) is 15.6. The fourth-order valence-electron chi connectivity index (χ4n) is 1.84. The molecule has 2 rings (SSSR count). The van der Waals surface area contributed by atoms with Crippen LogP contribution in [-0.2, 0) is 6.54 Å². The highest BCUT2D eigenvalue weighted by molar-refractivity contribution is 5.92. The lowest BCUT2D eigenvalue weighted by molar-refractivity contribution is 0.1000. The Bertz CT molecular complexity index is 702. The van der Waals surface area contributed by atoms with E-state index in [0.717, 1.165) is 18.2 Å². The Balaban J connectivity index is 2.22. The van der Waals surface area contributed by atoms with Crippen molar-refractivity contribution in [2.75, 3.05) is 5.32 Å². The third-order valence-corrected chi connectivity index (χ3v) is 3.05. The van der Waals surface area contributed by atoms with Gasteiger partial charge in [0.1, 0.15) is 17.5 Å². The summed E-state index contributed by atoms with van der Waals surface area (Å²) < 4.78 is 40.7. The molecule has 1 amide bonds. The predicted molar refractivity (Wildman–Crippen MR) is 73.3 cm³/mol. The summed E-state index contributed by atoms with van der Waals surface area (Å²) in [5, 5.41) is 2.60. The van der Waals surface area contributed by atoms with Gasteiger partial charge in [0, 0.05) is 23.7 Å². The molecule has 0 heterocycles. The van der Waals surface area contributed by atoms with E-state index < -0.39 is 23.4 Å². The van der Waals surface area contributed by atoms with Crippen molar-refractivity contribution < 1.29 is 18.0 Å². The Hall–Kier alpha value is -2.50. The summed E-state index contributed by atoms with van der Waals surface area (Å²) >= 11 is 0. The number of amides is 1. The summed E-state index contributed by atoms with van der Waals surface area (Å²) in [5.41, 5.74) is 5.48. The zero-order valence-corrected chi connectivity index (χ0v) is 11.2. The fraction of sp³-hybridized carbons (Fsp3) is 0.133. The first kappa shape index (κ1) is 14.9. The predicted octanol–water partition coefficient (Wildman–Crippen LogP) is 3.12. The van der Waals surface area contributed by atoms with Crippen molar-refractivity contribution in [3.05, 3.63) is 64.5 Å². The number of carbonyl (C=O) groups is 1. The van der Waals surface area contributed by atoms with Crippen LogP contribution in [0.4, 0.5) is 18.9 Å². The van der Waals surface area contributed by atoms with E-state index in [1.54, 1.807) is 0 Å². The van der Waals surface area contributed by atoms with Gasteiger partial charge in [-0.3, -0.25) is 4.79 Å². The van der Waals surface area contributed by atoms with Gasteiger partial charge in [-0.2, -0.15) is 0 Å². The Labute approximate surface area is 119 Å². The molecule has 2 aromatic carbocycles. The monoisotopic (exact) mass is 294 g/mol. The summed E-state index contributed by atoms with van der Waals surface area (Å²) in [6.45, 7) is 1.34. The molecule has 0 saturated carbocycles. The number of benzene rings is 2. The van der Waals surface area contributed by atoms with Crippen LogP contribution in [0.15, 0.2) is 30.3 Å². The molecular formula is C15H13F3N2O. The summed E-state index contributed by atoms with van der Waals surface area (Å²) in [6.07, 6.45) is 0. The van der Waals surface area contributed by atoms with E-state index in [1.165, 1.54) is 19.1 Å². The van der Waals surface area contributed by atoms with Crippen molar-refractivity contribution in [3.63, 3.8) is 0 Å². The van der Waals surface area contributed by atoms with E-state index in [0.29, 0.717) is 0 Å². The molecule has 0 aliphatic heterocycles. The highest BCUT2D eigenvalue weighted by atomic mass is 19.1. The molecular weight excluding hydrogens is 281 g/mol. The number of hydrogen-bond acceptors (Lipinski definition) is 2. The molecule has 3 nitrogen and oxygen atoms in total. The van der Waals surface area contributed by atoms with E-state index >= 15 is 0 Å². The second kappa shape index (κ2) is 5.87. The quantitative estimate of drug-likeness (QED) is 0.910. The van der Waals surface area contributed by atoms with Gasteiger partial charge in [0.15, 0.2) is 0 Å². The lowest BCUT2D eigenvalue weighted by Crippen LogP contribution is -2.12. The van der Waals surface area contributed by atoms with Gasteiger partial charge in [-0.1, -0.05) is 0 Å². The molecule has 0 unspecified atom stereocenters. The van der Waals surface area contributed by atoms with Crippen LogP contribution < -0.4 is 11.1 Å². The number of primary amides is 1. The lowest BCUT2D eigenvalue weighted by Gasteiger charge is -2.10. The first-order valence-electron chi connectivity index (χ1n) is 6.16. The average Bonchev–Trinajstić information content (AvgIpc) is 2.42. The molecule has 0 spiro atoms. The number of anilines is 1. The summed E-state index contributed by atoms with van der Waals surface area (Å²) in [6, 6.07) is 5.68. The molecule has 6 heteroatoms. The van der Waals surface area contributed by atoms with Gasteiger partial charge in [0.2, 0.25) is 5.91 Å². The van der Waals surface area contributed by atoms with Gasteiger partial charge in [0.05, 0.1) is 5.69 Å². The minimum atomic E-state index is -0.691. The van der Waals surface area contributed by atoms with Gasteiger partial charge >= 0.3 is 0 Å². The van der Waals surface area contributed by atoms with Crippen molar-refractivity contribution in [2.24, 2.45) is 5.73 Å². The van der Waals surface area contributed by atoms with Crippen molar-refractivity contribution in [1.29, 1.82) is 0 Å². The Morgan fingerprint density at radius 3 is 2.48 bits per heavy atom. The first-order valence-corrected chi connectivity index (χ1v) is 6.16. The summed E-state index contributed by atoms with van der Waals surface area (Å²) in [4.78, 5) is 11.0. The largest absolute Gasteiger partial charge is 0.378 e.